The van der Waals surface area contributed by atoms with Gasteiger partial charge in [-0.2, -0.15) is 0 Å². The van der Waals surface area contributed by atoms with Gasteiger partial charge in [-0.25, -0.2) is 10.3 Å². The van der Waals surface area contributed by atoms with E-state index in [1.54, 1.807) is 13.8 Å². The van der Waals surface area contributed by atoms with Crippen molar-refractivity contribution in [3.63, 3.8) is 0 Å². The molecule has 0 aromatic heterocycles. The summed E-state index contributed by atoms with van der Waals surface area (Å²) in [5, 5.41) is 2.81. The molecule has 2 amide bonds. The van der Waals surface area contributed by atoms with Crippen LogP contribution in [0.2, 0.25) is 0 Å². The van der Waals surface area contributed by atoms with Gasteiger partial charge in [-0.15, -0.1) is 0 Å². The van der Waals surface area contributed by atoms with Crippen LogP contribution in [-0.2, 0) is 19.1 Å². The molecule has 214 valence electrons. The highest BCUT2D eigenvalue weighted by Gasteiger charge is 2.34. The van der Waals surface area contributed by atoms with E-state index in [9.17, 15) is 9.59 Å². The Kier molecular flexibility index (Phi) is 9.18. The van der Waals surface area contributed by atoms with E-state index in [0.29, 0.717) is 13.0 Å². The SMILES string of the molecule is CC(C)(C)CC(C)(C)C(=O)NOC(C)(C)CCOC(C)(C)NC(=O)OCC1c2ccccc2-c2ccccc21. The standard InChI is InChI=1S/C32H46N2O5/c1-29(2,3)21-30(4,5)27(35)34-39-31(6,7)18-19-38-32(8,9)33-28(36)37-20-26-24-16-12-10-14-22(24)23-15-11-13-17-25(23)26/h10-17,26H,18-21H2,1-9H3,(H,33,36)(H,34,35). The highest BCUT2D eigenvalue weighted by molar-refractivity contribution is 5.81. The van der Waals surface area contributed by atoms with E-state index >= 15 is 0 Å². The zero-order chi connectivity index (χ0) is 29.1. The van der Waals surface area contributed by atoms with Crippen molar-refractivity contribution >= 4 is 12.0 Å². The second-order valence-corrected chi connectivity index (χ2v) is 13.5. The summed E-state index contributed by atoms with van der Waals surface area (Å²) >= 11 is 0. The fourth-order valence-corrected chi connectivity index (χ4v) is 5.25. The monoisotopic (exact) mass is 538 g/mol. The molecular formula is C32H46N2O5. The Balaban J connectivity index is 1.45. The summed E-state index contributed by atoms with van der Waals surface area (Å²) in [7, 11) is 0. The van der Waals surface area contributed by atoms with Crippen LogP contribution in [-0.4, -0.2) is 36.5 Å². The summed E-state index contributed by atoms with van der Waals surface area (Å²) in [6.45, 7) is 18.1. The highest BCUT2D eigenvalue weighted by atomic mass is 16.7. The van der Waals surface area contributed by atoms with E-state index in [4.69, 9.17) is 14.3 Å². The molecule has 7 heteroatoms. The first-order chi connectivity index (χ1) is 18.0. The number of alkyl carbamates (subject to hydrolysis) is 1. The second kappa shape index (κ2) is 11.7. The maximum absolute atomic E-state index is 12.7. The summed E-state index contributed by atoms with van der Waals surface area (Å²) in [5.41, 5.74) is 5.20. The number of nitrogens with one attached hydrogen (secondary N) is 2. The van der Waals surface area contributed by atoms with Gasteiger partial charge in [-0.1, -0.05) is 83.1 Å². The van der Waals surface area contributed by atoms with Crippen molar-refractivity contribution in [3.05, 3.63) is 59.7 Å². The number of carbonyl (C=O) groups is 2. The predicted octanol–water partition coefficient (Wildman–Crippen LogP) is 6.96. The van der Waals surface area contributed by atoms with E-state index in [1.807, 2.05) is 52.0 Å². The van der Waals surface area contributed by atoms with E-state index in [2.05, 4.69) is 55.8 Å². The Morgan fingerprint density at radius 3 is 1.90 bits per heavy atom. The maximum atomic E-state index is 12.7. The van der Waals surface area contributed by atoms with Crippen LogP contribution in [0.3, 0.4) is 0 Å². The lowest BCUT2D eigenvalue weighted by molar-refractivity contribution is -0.162. The summed E-state index contributed by atoms with van der Waals surface area (Å²) < 4.78 is 11.6. The number of ether oxygens (including phenoxy) is 2. The van der Waals surface area contributed by atoms with Crippen molar-refractivity contribution < 1.29 is 23.9 Å². The first kappa shape index (κ1) is 30.6. The molecule has 0 saturated heterocycles. The first-order valence-electron chi connectivity index (χ1n) is 13.8. The van der Waals surface area contributed by atoms with Gasteiger partial charge in [0.15, 0.2) is 0 Å². The third-order valence-electron chi connectivity index (χ3n) is 6.92. The van der Waals surface area contributed by atoms with Crippen LogP contribution in [0.1, 0.15) is 92.2 Å². The van der Waals surface area contributed by atoms with E-state index in [-0.39, 0.29) is 23.8 Å². The van der Waals surface area contributed by atoms with Crippen molar-refractivity contribution in [3.8, 4) is 11.1 Å². The van der Waals surface area contributed by atoms with Gasteiger partial charge in [0.05, 0.1) is 12.2 Å². The van der Waals surface area contributed by atoms with Gasteiger partial charge in [0.25, 0.3) is 0 Å². The molecule has 2 aromatic rings. The van der Waals surface area contributed by atoms with Crippen LogP contribution in [0, 0.1) is 10.8 Å². The molecule has 1 aliphatic rings. The fraction of sp³-hybridized carbons (Fsp3) is 0.562. The number of amides is 2. The molecule has 1 aliphatic carbocycles. The number of carbonyl (C=O) groups excluding carboxylic acids is 2. The molecule has 39 heavy (non-hydrogen) atoms. The Morgan fingerprint density at radius 2 is 1.36 bits per heavy atom. The molecule has 0 atom stereocenters. The topological polar surface area (TPSA) is 85.9 Å². The van der Waals surface area contributed by atoms with Gasteiger partial charge in [0.2, 0.25) is 5.91 Å². The van der Waals surface area contributed by atoms with Crippen LogP contribution >= 0.6 is 0 Å². The molecule has 0 fully saturated rings. The Hall–Kier alpha value is -2.90. The minimum absolute atomic E-state index is 0.00582. The van der Waals surface area contributed by atoms with Gasteiger partial charge >= 0.3 is 6.09 Å². The molecule has 0 saturated carbocycles. The highest BCUT2D eigenvalue weighted by Crippen LogP contribution is 2.44. The maximum Gasteiger partial charge on any atom is 0.409 e. The van der Waals surface area contributed by atoms with Crippen LogP contribution in [0.4, 0.5) is 4.79 Å². The Labute approximate surface area is 233 Å². The number of hydroxylamine groups is 1. The van der Waals surface area contributed by atoms with Crippen molar-refractivity contribution in [2.45, 2.75) is 92.4 Å². The van der Waals surface area contributed by atoms with E-state index < -0.39 is 22.8 Å². The van der Waals surface area contributed by atoms with E-state index in [0.717, 1.165) is 17.5 Å². The van der Waals surface area contributed by atoms with Gasteiger partial charge in [0.1, 0.15) is 12.3 Å². The molecule has 7 nitrogen and oxygen atoms in total. The van der Waals surface area contributed by atoms with Crippen LogP contribution in [0.5, 0.6) is 0 Å². The lowest BCUT2D eigenvalue weighted by Gasteiger charge is -2.33. The molecule has 0 aliphatic heterocycles. The third kappa shape index (κ3) is 8.54. The number of hydrogen-bond acceptors (Lipinski definition) is 5. The number of fused-ring (bicyclic) bond motifs is 3. The molecule has 0 spiro atoms. The smallest absolute Gasteiger partial charge is 0.409 e. The second-order valence-electron chi connectivity index (χ2n) is 13.5. The van der Waals surface area contributed by atoms with Gasteiger partial charge in [-0.3, -0.25) is 14.9 Å². The largest absolute Gasteiger partial charge is 0.448 e. The molecular weight excluding hydrogens is 492 g/mol. The van der Waals surface area contributed by atoms with Crippen LogP contribution in [0.25, 0.3) is 11.1 Å². The zero-order valence-corrected chi connectivity index (χ0v) is 25.1. The van der Waals surface area contributed by atoms with Crippen LogP contribution in [0.15, 0.2) is 48.5 Å². The number of hydrogen-bond donors (Lipinski definition) is 2. The summed E-state index contributed by atoms with van der Waals surface area (Å²) in [4.78, 5) is 31.1. The van der Waals surface area contributed by atoms with E-state index in [1.165, 1.54) is 11.1 Å². The third-order valence-corrected chi connectivity index (χ3v) is 6.92. The molecule has 0 unspecified atom stereocenters. The summed E-state index contributed by atoms with van der Waals surface area (Å²) in [5.74, 6) is -0.155. The van der Waals surface area contributed by atoms with Gasteiger partial charge in [0, 0.05) is 17.8 Å². The summed E-state index contributed by atoms with van der Waals surface area (Å²) in [6, 6.07) is 16.5. The van der Waals surface area contributed by atoms with Crippen molar-refractivity contribution in [2.24, 2.45) is 10.8 Å². The van der Waals surface area contributed by atoms with Crippen molar-refractivity contribution in [1.29, 1.82) is 0 Å². The van der Waals surface area contributed by atoms with Gasteiger partial charge in [-0.05, 0) is 61.8 Å². The first-order valence-corrected chi connectivity index (χ1v) is 13.8. The van der Waals surface area contributed by atoms with Gasteiger partial charge < -0.3 is 9.47 Å². The number of benzene rings is 2. The van der Waals surface area contributed by atoms with Crippen LogP contribution < -0.4 is 10.8 Å². The van der Waals surface area contributed by atoms with Crippen molar-refractivity contribution in [2.75, 3.05) is 13.2 Å². The molecule has 0 heterocycles. The normalized spacial score (nSPS) is 14.0. The molecule has 0 radical (unpaired) electrons. The minimum atomic E-state index is -0.948. The summed E-state index contributed by atoms with van der Waals surface area (Å²) in [6.07, 6.45) is 0.697. The Morgan fingerprint density at radius 1 is 0.821 bits per heavy atom. The zero-order valence-electron chi connectivity index (χ0n) is 25.1. The average molecular weight is 539 g/mol. The lowest BCUT2D eigenvalue weighted by atomic mass is 9.76. The lowest BCUT2D eigenvalue weighted by Crippen LogP contribution is -2.47. The minimum Gasteiger partial charge on any atom is -0.448 e. The quantitative estimate of drug-likeness (QED) is 0.239. The molecule has 2 aromatic carbocycles. The number of rotatable bonds is 11. The Bertz CT molecular complexity index is 1120. The van der Waals surface area contributed by atoms with Crippen molar-refractivity contribution in [1.82, 2.24) is 10.8 Å². The average Bonchev–Trinajstić information content (AvgIpc) is 3.13. The molecule has 0 bridgehead atoms. The predicted molar refractivity (Wildman–Crippen MR) is 154 cm³/mol. The molecule has 2 N–H and O–H groups in total. The molecule has 3 rings (SSSR count). The fourth-order valence-electron chi connectivity index (χ4n) is 5.25.